The van der Waals surface area contributed by atoms with Gasteiger partial charge in [-0.1, -0.05) is 32.0 Å². The number of nitrogens with one attached hydrogen (secondary N) is 2. The third kappa shape index (κ3) is 5.61. The minimum atomic E-state index is -0.425. The van der Waals surface area contributed by atoms with Crippen LogP contribution in [0.2, 0.25) is 0 Å². The molecule has 146 valence electrons. The van der Waals surface area contributed by atoms with Crippen LogP contribution in [0.4, 0.5) is 10.5 Å². The van der Waals surface area contributed by atoms with Gasteiger partial charge in [0.05, 0.1) is 11.5 Å². The summed E-state index contributed by atoms with van der Waals surface area (Å²) in [5, 5.41) is 5.98. The topological polar surface area (TPSA) is 87.5 Å². The number of para-hydroxylation sites is 1. The molecule has 2 unspecified atom stereocenters. The number of carbonyl (C=O) groups is 2. The lowest BCUT2D eigenvalue weighted by Gasteiger charge is -2.37. The van der Waals surface area contributed by atoms with Gasteiger partial charge in [0.15, 0.2) is 0 Å². The molecule has 2 rings (SSSR count). The molecule has 0 radical (unpaired) electrons. The predicted molar refractivity (Wildman–Crippen MR) is 107 cm³/mol. The van der Waals surface area contributed by atoms with Crippen molar-refractivity contribution < 1.29 is 9.59 Å². The molecule has 1 aliphatic rings. The Hall–Kier alpha value is -1.79. The largest absolute Gasteiger partial charge is 0.349 e. The van der Waals surface area contributed by atoms with Crippen molar-refractivity contribution in [1.82, 2.24) is 10.2 Å². The summed E-state index contributed by atoms with van der Waals surface area (Å²) >= 11 is 0. The fourth-order valence-corrected chi connectivity index (χ4v) is 2.91. The van der Waals surface area contributed by atoms with Crippen molar-refractivity contribution in [1.29, 1.82) is 0 Å². The van der Waals surface area contributed by atoms with Gasteiger partial charge in [-0.2, -0.15) is 0 Å². The summed E-state index contributed by atoms with van der Waals surface area (Å²) in [7, 11) is 0. The highest BCUT2D eigenvalue weighted by molar-refractivity contribution is 5.90. The maximum absolute atomic E-state index is 12.7. The lowest BCUT2D eigenvalue weighted by atomic mass is 9.87. The lowest BCUT2D eigenvalue weighted by molar-refractivity contribution is -0.128. The maximum Gasteiger partial charge on any atom is 0.321 e. The van der Waals surface area contributed by atoms with Crippen molar-refractivity contribution in [3.8, 4) is 0 Å². The number of likely N-dealkylation sites (tertiary alicyclic amines) is 1. The van der Waals surface area contributed by atoms with Gasteiger partial charge in [0, 0.05) is 25.3 Å². The highest BCUT2D eigenvalue weighted by Gasteiger charge is 2.34. The average Bonchev–Trinajstić information content (AvgIpc) is 2.62. The van der Waals surface area contributed by atoms with Gasteiger partial charge in [0.25, 0.3) is 0 Å². The van der Waals surface area contributed by atoms with Gasteiger partial charge >= 0.3 is 6.03 Å². The Balaban J connectivity index is 0.00000338. The number of piperidine rings is 1. The summed E-state index contributed by atoms with van der Waals surface area (Å²) in [5.41, 5.74) is 6.19. The number of nitrogens with two attached hydrogens (primary N) is 1. The van der Waals surface area contributed by atoms with E-state index in [1.165, 1.54) is 0 Å². The molecule has 26 heavy (non-hydrogen) atoms. The number of hydrogen-bond acceptors (Lipinski definition) is 3. The number of carbonyl (C=O) groups excluding carboxylic acids is 2. The third-order valence-corrected chi connectivity index (χ3v) is 5.21. The molecule has 2 atom stereocenters. The van der Waals surface area contributed by atoms with E-state index < -0.39 is 5.54 Å². The molecule has 1 fully saturated rings. The molecule has 4 N–H and O–H groups in total. The standard InChI is InChI=1S/C19H30N4O2.ClH/c1-14(2)19(3,13-20)22-17(24)15-8-7-11-23(12-15)18(25)21-16-9-5-4-6-10-16;/h4-6,9-10,14-15H,7-8,11-13,20H2,1-3H3,(H,21,25)(H,22,24);1H. The van der Waals surface area contributed by atoms with Crippen LogP contribution in [0, 0.1) is 11.8 Å². The Kier molecular flexibility index (Phi) is 8.37. The number of hydrogen-bond donors (Lipinski definition) is 3. The number of urea groups is 1. The third-order valence-electron chi connectivity index (χ3n) is 5.21. The zero-order valence-corrected chi connectivity index (χ0v) is 16.6. The summed E-state index contributed by atoms with van der Waals surface area (Å²) in [6, 6.07) is 9.20. The minimum absolute atomic E-state index is 0. The van der Waals surface area contributed by atoms with Crippen LogP contribution < -0.4 is 16.4 Å². The summed E-state index contributed by atoms with van der Waals surface area (Å²) in [6.45, 7) is 7.56. The van der Waals surface area contributed by atoms with E-state index in [4.69, 9.17) is 5.73 Å². The van der Waals surface area contributed by atoms with Crippen molar-refractivity contribution in [3.05, 3.63) is 30.3 Å². The molecule has 0 aliphatic carbocycles. The molecular weight excluding hydrogens is 352 g/mol. The van der Waals surface area contributed by atoms with E-state index in [2.05, 4.69) is 10.6 Å². The molecule has 6 nitrogen and oxygen atoms in total. The quantitative estimate of drug-likeness (QED) is 0.731. The van der Waals surface area contributed by atoms with E-state index in [0.29, 0.717) is 19.6 Å². The molecule has 1 heterocycles. The Morgan fingerprint density at radius 3 is 2.54 bits per heavy atom. The first kappa shape index (κ1) is 22.3. The predicted octanol–water partition coefficient (Wildman–Crippen LogP) is 2.84. The number of amides is 3. The van der Waals surface area contributed by atoms with Gasteiger partial charge < -0.3 is 21.3 Å². The van der Waals surface area contributed by atoms with Crippen LogP contribution in [0.15, 0.2) is 30.3 Å². The monoisotopic (exact) mass is 382 g/mol. The van der Waals surface area contributed by atoms with Crippen molar-refractivity contribution in [2.75, 3.05) is 25.0 Å². The van der Waals surface area contributed by atoms with Crippen LogP contribution in [0.25, 0.3) is 0 Å². The number of benzene rings is 1. The van der Waals surface area contributed by atoms with E-state index in [1.807, 2.05) is 51.1 Å². The first-order valence-electron chi connectivity index (χ1n) is 8.99. The number of halogens is 1. The highest BCUT2D eigenvalue weighted by atomic mass is 35.5. The molecule has 1 aliphatic heterocycles. The molecule has 0 bridgehead atoms. The normalized spacial score (nSPS) is 19.3. The minimum Gasteiger partial charge on any atom is -0.349 e. The zero-order chi connectivity index (χ0) is 18.4. The smallest absolute Gasteiger partial charge is 0.321 e. The summed E-state index contributed by atoms with van der Waals surface area (Å²) in [5.74, 6) is 0.0290. The Morgan fingerprint density at radius 1 is 1.31 bits per heavy atom. The number of nitrogens with zero attached hydrogens (tertiary/aromatic N) is 1. The first-order valence-corrected chi connectivity index (χ1v) is 8.99. The second-order valence-corrected chi connectivity index (χ2v) is 7.35. The van der Waals surface area contributed by atoms with E-state index in [1.54, 1.807) is 4.90 Å². The van der Waals surface area contributed by atoms with Crippen LogP contribution in [0.3, 0.4) is 0 Å². The fraction of sp³-hybridized carbons (Fsp3) is 0.579. The molecule has 1 saturated heterocycles. The molecule has 0 spiro atoms. The van der Waals surface area contributed by atoms with Gasteiger partial charge in [-0.05, 0) is 37.8 Å². The molecular formula is C19H31ClN4O2. The molecule has 1 aromatic rings. The summed E-state index contributed by atoms with van der Waals surface area (Å²) < 4.78 is 0. The maximum atomic E-state index is 12.7. The van der Waals surface area contributed by atoms with Crippen LogP contribution in [-0.4, -0.2) is 42.0 Å². The van der Waals surface area contributed by atoms with Crippen molar-refractivity contribution >= 4 is 30.0 Å². The van der Waals surface area contributed by atoms with E-state index in [0.717, 1.165) is 18.5 Å². The van der Waals surface area contributed by atoms with Gasteiger partial charge in [0.2, 0.25) is 5.91 Å². The van der Waals surface area contributed by atoms with Gasteiger partial charge in [-0.3, -0.25) is 4.79 Å². The van der Waals surface area contributed by atoms with Crippen LogP contribution in [0.5, 0.6) is 0 Å². The lowest BCUT2D eigenvalue weighted by Crippen LogP contribution is -2.58. The number of anilines is 1. The fourth-order valence-electron chi connectivity index (χ4n) is 2.91. The first-order chi connectivity index (χ1) is 11.9. The van der Waals surface area contributed by atoms with E-state index in [9.17, 15) is 9.59 Å². The van der Waals surface area contributed by atoms with Crippen molar-refractivity contribution in [3.63, 3.8) is 0 Å². The van der Waals surface area contributed by atoms with Gasteiger partial charge in [-0.15, -0.1) is 12.4 Å². The Bertz CT molecular complexity index is 596. The molecule has 3 amide bonds. The Morgan fingerprint density at radius 2 is 1.96 bits per heavy atom. The highest BCUT2D eigenvalue weighted by Crippen LogP contribution is 2.21. The SMILES string of the molecule is CC(C)C(C)(CN)NC(=O)C1CCCN(C(=O)Nc2ccccc2)C1.Cl. The molecule has 0 aromatic heterocycles. The molecule has 7 heteroatoms. The van der Waals surface area contributed by atoms with E-state index >= 15 is 0 Å². The average molecular weight is 383 g/mol. The number of rotatable bonds is 5. The zero-order valence-electron chi connectivity index (χ0n) is 15.8. The van der Waals surface area contributed by atoms with Crippen LogP contribution >= 0.6 is 12.4 Å². The van der Waals surface area contributed by atoms with Crippen molar-refractivity contribution in [2.24, 2.45) is 17.6 Å². The summed E-state index contributed by atoms with van der Waals surface area (Å²) in [6.07, 6.45) is 1.61. The molecule has 1 aromatic carbocycles. The van der Waals surface area contributed by atoms with Crippen LogP contribution in [0.1, 0.15) is 33.6 Å². The second kappa shape index (κ2) is 9.78. The van der Waals surface area contributed by atoms with Crippen molar-refractivity contribution in [2.45, 2.75) is 39.2 Å². The summed E-state index contributed by atoms with van der Waals surface area (Å²) in [4.78, 5) is 26.8. The second-order valence-electron chi connectivity index (χ2n) is 7.35. The molecule has 0 saturated carbocycles. The van der Waals surface area contributed by atoms with Crippen LogP contribution in [-0.2, 0) is 4.79 Å². The van der Waals surface area contributed by atoms with E-state index in [-0.39, 0.29) is 36.2 Å². The van der Waals surface area contributed by atoms with Gasteiger partial charge in [0.1, 0.15) is 0 Å². The Labute approximate surface area is 162 Å². The van der Waals surface area contributed by atoms with Gasteiger partial charge in [-0.25, -0.2) is 4.79 Å².